The summed E-state index contributed by atoms with van der Waals surface area (Å²) in [4.78, 5) is 47.8. The summed E-state index contributed by atoms with van der Waals surface area (Å²) >= 11 is 0. The number of rotatable bonds is 13. The molecule has 0 saturated carbocycles. The van der Waals surface area contributed by atoms with Crippen LogP contribution >= 0.6 is 0 Å². The van der Waals surface area contributed by atoms with E-state index < -0.39 is 42.9 Å². The summed E-state index contributed by atoms with van der Waals surface area (Å²) in [5.74, 6) is -2.65. The molecule has 0 aliphatic rings. The zero-order chi connectivity index (χ0) is 29.1. The van der Waals surface area contributed by atoms with Gasteiger partial charge in [-0.2, -0.15) is 0 Å². The number of carbonyl (C=O) groups is 3. The van der Waals surface area contributed by atoms with Crippen LogP contribution in [0.1, 0.15) is 54.3 Å². The molecule has 1 aromatic heterocycles. The number of aromatic hydroxyl groups is 1. The van der Waals surface area contributed by atoms with Crippen LogP contribution in [0.25, 0.3) is 0 Å². The van der Waals surface area contributed by atoms with Crippen molar-refractivity contribution in [1.29, 1.82) is 0 Å². The van der Waals surface area contributed by atoms with Crippen LogP contribution in [0.3, 0.4) is 0 Å². The molecule has 1 heterocycles. The first-order chi connectivity index (χ1) is 19.1. The van der Waals surface area contributed by atoms with Crippen LogP contribution in [0.5, 0.6) is 5.75 Å². The number of phenolic OH excluding ortho intramolecular Hbond substituents is 1. The van der Waals surface area contributed by atoms with E-state index >= 15 is 0 Å². The van der Waals surface area contributed by atoms with Crippen molar-refractivity contribution in [1.82, 2.24) is 25.9 Å². The van der Waals surface area contributed by atoms with E-state index in [2.05, 4.69) is 25.9 Å². The number of carbonyl (C=O) groups excluding carboxylic acids is 3. The first-order valence-corrected chi connectivity index (χ1v) is 13.0. The molecule has 0 spiro atoms. The summed E-state index contributed by atoms with van der Waals surface area (Å²) in [6.07, 6.45) is 5.09. The van der Waals surface area contributed by atoms with Crippen LogP contribution in [0.2, 0.25) is 0 Å². The smallest absolute Gasteiger partial charge is 0.475 e. The molecule has 40 heavy (non-hydrogen) atoms. The Kier molecular flexibility index (Phi) is 11.2. The van der Waals surface area contributed by atoms with Crippen LogP contribution in [0, 0.1) is 5.92 Å². The van der Waals surface area contributed by atoms with Gasteiger partial charge in [0, 0.05) is 18.8 Å². The Morgan fingerprint density at radius 1 is 0.875 bits per heavy atom. The van der Waals surface area contributed by atoms with E-state index in [-0.39, 0.29) is 23.8 Å². The molecule has 210 valence electrons. The fourth-order valence-corrected chi connectivity index (χ4v) is 3.99. The Bertz CT molecular complexity index is 1250. The van der Waals surface area contributed by atoms with Crippen LogP contribution in [-0.4, -0.2) is 61.9 Å². The van der Waals surface area contributed by atoms with Gasteiger partial charge in [0.05, 0.1) is 12.1 Å². The minimum Gasteiger partial charge on any atom is -0.508 e. The summed E-state index contributed by atoms with van der Waals surface area (Å²) in [7, 11) is -1.79. The number of nitrogens with one attached hydrogen (secondary N) is 3. The maximum atomic E-state index is 13.6. The standard InChI is InChI=1S/C28H34BN5O6/c1-18(2)8-13-24(29(39)40)33-26(36)22(16-19-6-4-3-5-7-19)32-28(38)25(20-9-11-21(35)12-10-20)34-27(37)23-17-30-14-15-31-23/h3-7,9-12,14-15,17-18,22,24-25,35,39-40H,8,13,16H2,1-2H3,(H,32,38)(H,33,36)(H,34,37)/t22-,24-,25?/m0/s1. The highest BCUT2D eigenvalue weighted by Gasteiger charge is 2.32. The van der Waals surface area contributed by atoms with Gasteiger partial charge in [0.25, 0.3) is 5.91 Å². The van der Waals surface area contributed by atoms with E-state index in [4.69, 9.17) is 0 Å². The topological polar surface area (TPSA) is 174 Å². The Labute approximate surface area is 233 Å². The van der Waals surface area contributed by atoms with Crippen molar-refractivity contribution in [2.24, 2.45) is 5.92 Å². The van der Waals surface area contributed by atoms with Gasteiger partial charge in [-0.05, 0) is 42.0 Å². The molecule has 0 aliphatic heterocycles. The molecule has 0 aliphatic carbocycles. The van der Waals surface area contributed by atoms with Gasteiger partial charge in [0.15, 0.2) is 0 Å². The zero-order valence-corrected chi connectivity index (χ0v) is 22.4. The summed E-state index contributed by atoms with van der Waals surface area (Å²) in [5, 5.41) is 37.5. The summed E-state index contributed by atoms with van der Waals surface area (Å²) in [6, 6.07) is 12.4. The number of hydrogen-bond acceptors (Lipinski definition) is 8. The van der Waals surface area contributed by atoms with E-state index in [1.807, 2.05) is 19.9 Å². The molecule has 1 unspecified atom stereocenters. The third kappa shape index (κ3) is 9.17. The second-order valence-corrected chi connectivity index (χ2v) is 9.84. The normalized spacial score (nSPS) is 13.1. The maximum absolute atomic E-state index is 13.6. The molecule has 6 N–H and O–H groups in total. The van der Waals surface area contributed by atoms with Gasteiger partial charge in [0.2, 0.25) is 11.8 Å². The third-order valence-corrected chi connectivity index (χ3v) is 6.22. The zero-order valence-electron chi connectivity index (χ0n) is 22.4. The summed E-state index contributed by atoms with van der Waals surface area (Å²) in [5.41, 5.74) is 1.10. The van der Waals surface area contributed by atoms with Gasteiger partial charge in [-0.15, -0.1) is 0 Å². The summed E-state index contributed by atoms with van der Waals surface area (Å²) in [6.45, 7) is 3.97. The van der Waals surface area contributed by atoms with Gasteiger partial charge in [-0.3, -0.25) is 19.4 Å². The fraction of sp³-hybridized carbons (Fsp3) is 0.321. The molecule has 3 aromatic rings. The molecule has 3 atom stereocenters. The Morgan fingerprint density at radius 2 is 1.57 bits per heavy atom. The molecule has 2 aromatic carbocycles. The van der Waals surface area contributed by atoms with E-state index in [0.717, 1.165) is 5.56 Å². The van der Waals surface area contributed by atoms with Crippen molar-refractivity contribution >= 4 is 24.8 Å². The lowest BCUT2D eigenvalue weighted by Crippen LogP contribution is -2.56. The van der Waals surface area contributed by atoms with Crippen molar-refractivity contribution in [2.45, 2.75) is 51.1 Å². The van der Waals surface area contributed by atoms with Gasteiger partial charge in [0.1, 0.15) is 23.5 Å². The average Bonchev–Trinajstić information content (AvgIpc) is 2.94. The van der Waals surface area contributed by atoms with Gasteiger partial charge < -0.3 is 31.1 Å². The largest absolute Gasteiger partial charge is 0.508 e. The van der Waals surface area contributed by atoms with Crippen molar-refractivity contribution in [2.75, 3.05) is 0 Å². The van der Waals surface area contributed by atoms with Crippen molar-refractivity contribution < 1.29 is 29.5 Å². The molecule has 0 saturated heterocycles. The van der Waals surface area contributed by atoms with Crippen LogP contribution in [-0.2, 0) is 16.0 Å². The Morgan fingerprint density at radius 3 is 2.17 bits per heavy atom. The van der Waals surface area contributed by atoms with E-state index in [9.17, 15) is 29.5 Å². The number of phenols is 1. The number of nitrogens with zero attached hydrogens (tertiary/aromatic N) is 2. The molecular weight excluding hydrogens is 513 g/mol. The number of benzene rings is 2. The molecule has 12 heteroatoms. The monoisotopic (exact) mass is 547 g/mol. The van der Waals surface area contributed by atoms with E-state index in [1.54, 1.807) is 24.3 Å². The number of aromatic nitrogens is 2. The lowest BCUT2D eigenvalue weighted by Gasteiger charge is -2.26. The van der Waals surface area contributed by atoms with Crippen LogP contribution in [0.15, 0.2) is 73.2 Å². The Hall–Kier alpha value is -4.29. The quantitative estimate of drug-likeness (QED) is 0.174. The van der Waals surface area contributed by atoms with Crippen molar-refractivity contribution in [3.8, 4) is 5.75 Å². The number of amides is 3. The van der Waals surface area contributed by atoms with Crippen molar-refractivity contribution in [3.63, 3.8) is 0 Å². The van der Waals surface area contributed by atoms with E-state index in [0.29, 0.717) is 18.4 Å². The third-order valence-electron chi connectivity index (χ3n) is 6.22. The van der Waals surface area contributed by atoms with Crippen LogP contribution < -0.4 is 16.0 Å². The first-order valence-electron chi connectivity index (χ1n) is 13.0. The van der Waals surface area contributed by atoms with Crippen LogP contribution in [0.4, 0.5) is 0 Å². The molecular formula is C28H34BN5O6. The fourth-order valence-electron chi connectivity index (χ4n) is 3.99. The SMILES string of the molecule is CC(C)CC[C@H](NC(=O)[C@H](Cc1ccccc1)NC(=O)C(NC(=O)c1cnccn1)c1ccc(O)cc1)B(O)O. The summed E-state index contributed by atoms with van der Waals surface area (Å²) < 4.78 is 0. The second-order valence-electron chi connectivity index (χ2n) is 9.84. The van der Waals surface area contributed by atoms with Crippen molar-refractivity contribution in [3.05, 3.63) is 90.0 Å². The minimum atomic E-state index is -1.79. The number of hydrogen-bond donors (Lipinski definition) is 6. The second kappa shape index (κ2) is 14.8. The average molecular weight is 547 g/mol. The molecule has 11 nitrogen and oxygen atoms in total. The molecule has 3 rings (SSSR count). The molecule has 3 amide bonds. The predicted molar refractivity (Wildman–Crippen MR) is 149 cm³/mol. The van der Waals surface area contributed by atoms with Gasteiger partial charge in [-0.1, -0.05) is 56.3 Å². The lowest BCUT2D eigenvalue weighted by molar-refractivity contribution is -0.130. The molecule has 0 bridgehead atoms. The maximum Gasteiger partial charge on any atom is 0.475 e. The highest BCUT2D eigenvalue weighted by atomic mass is 16.4. The minimum absolute atomic E-state index is 0.0115. The van der Waals surface area contributed by atoms with Gasteiger partial charge >= 0.3 is 7.12 Å². The predicted octanol–water partition coefficient (Wildman–Crippen LogP) is 1.31. The first kappa shape index (κ1) is 30.3. The Balaban J connectivity index is 1.87. The lowest BCUT2D eigenvalue weighted by atomic mass is 9.75. The molecule has 0 fully saturated rings. The van der Waals surface area contributed by atoms with E-state index in [1.165, 1.54) is 42.9 Å². The van der Waals surface area contributed by atoms with Gasteiger partial charge in [-0.25, -0.2) is 4.98 Å². The highest BCUT2D eigenvalue weighted by molar-refractivity contribution is 6.43. The molecule has 0 radical (unpaired) electrons. The highest BCUT2D eigenvalue weighted by Crippen LogP contribution is 2.19.